The van der Waals surface area contributed by atoms with Gasteiger partial charge >= 0.3 is 0 Å². The molecule has 1 fully saturated rings. The van der Waals surface area contributed by atoms with Crippen LogP contribution in [0.2, 0.25) is 0 Å². The monoisotopic (exact) mass is 438 g/mol. The molecule has 1 unspecified atom stereocenters. The van der Waals surface area contributed by atoms with E-state index in [4.69, 9.17) is 4.74 Å². The van der Waals surface area contributed by atoms with Crippen molar-refractivity contribution in [2.24, 2.45) is 0 Å². The topological polar surface area (TPSA) is 85.5 Å². The highest BCUT2D eigenvalue weighted by Gasteiger charge is 2.29. The van der Waals surface area contributed by atoms with Crippen LogP contribution in [-0.2, 0) is 0 Å². The van der Waals surface area contributed by atoms with Gasteiger partial charge in [-0.2, -0.15) is 10.1 Å². The van der Waals surface area contributed by atoms with Gasteiger partial charge in [-0.15, -0.1) is 0 Å². The molecule has 4 rings (SSSR count). The van der Waals surface area contributed by atoms with Crippen molar-refractivity contribution in [3.05, 3.63) is 47.2 Å². The summed E-state index contributed by atoms with van der Waals surface area (Å²) in [5.74, 6) is -0.808. The number of carbonyl (C=O) groups is 1. The summed E-state index contributed by atoms with van der Waals surface area (Å²) < 4.78 is 59.2. The van der Waals surface area contributed by atoms with Gasteiger partial charge in [0.1, 0.15) is 17.7 Å². The third-order valence-electron chi connectivity index (χ3n) is 5.15. The van der Waals surface area contributed by atoms with Crippen LogP contribution in [0, 0.1) is 0 Å². The molecule has 0 saturated carbocycles. The predicted molar refractivity (Wildman–Crippen MR) is 99.4 cm³/mol. The first kappa shape index (κ1) is 20.9. The van der Waals surface area contributed by atoms with Gasteiger partial charge in [-0.25, -0.2) is 32.0 Å². The zero-order valence-corrected chi connectivity index (χ0v) is 16.4. The number of alkyl halides is 4. The molecule has 0 spiro atoms. The van der Waals surface area contributed by atoms with Gasteiger partial charge < -0.3 is 9.64 Å². The largest absolute Gasteiger partial charge is 0.481 e. The Morgan fingerprint density at radius 3 is 2.58 bits per heavy atom. The fourth-order valence-electron chi connectivity index (χ4n) is 3.71. The van der Waals surface area contributed by atoms with Gasteiger partial charge in [0.05, 0.1) is 12.8 Å². The summed E-state index contributed by atoms with van der Waals surface area (Å²) >= 11 is 0. The maximum atomic E-state index is 13.3. The average Bonchev–Trinajstić information content (AvgIpc) is 3.26. The summed E-state index contributed by atoms with van der Waals surface area (Å²) in [6.07, 6.45) is -3.18. The first-order valence-corrected chi connectivity index (χ1v) is 9.49. The number of ether oxygens (including phenoxy) is 1. The lowest BCUT2D eigenvalue weighted by Crippen LogP contribution is -2.39. The number of halogens is 4. The van der Waals surface area contributed by atoms with Crippen molar-refractivity contribution in [2.75, 3.05) is 20.2 Å². The number of methoxy groups -OCH3 is 1. The van der Waals surface area contributed by atoms with Crippen molar-refractivity contribution in [3.8, 4) is 5.88 Å². The van der Waals surface area contributed by atoms with E-state index in [-0.39, 0.29) is 29.7 Å². The molecule has 31 heavy (non-hydrogen) atoms. The Labute approximate surface area is 173 Å². The Balaban J connectivity index is 1.64. The van der Waals surface area contributed by atoms with Crippen LogP contribution in [0.15, 0.2) is 24.5 Å². The Morgan fingerprint density at radius 2 is 1.87 bits per heavy atom. The molecule has 0 aliphatic carbocycles. The second-order valence-corrected chi connectivity index (χ2v) is 7.09. The Kier molecular flexibility index (Phi) is 5.70. The molecule has 1 aliphatic rings. The fourth-order valence-corrected chi connectivity index (χ4v) is 3.71. The van der Waals surface area contributed by atoms with E-state index in [0.717, 1.165) is 6.07 Å². The molecule has 164 valence electrons. The molecule has 12 heteroatoms. The maximum Gasteiger partial charge on any atom is 0.280 e. The smallest absolute Gasteiger partial charge is 0.280 e. The van der Waals surface area contributed by atoms with Crippen LogP contribution in [0.5, 0.6) is 5.88 Å². The highest BCUT2D eigenvalue weighted by atomic mass is 19.3. The molecule has 0 aromatic carbocycles. The van der Waals surface area contributed by atoms with E-state index in [1.54, 1.807) is 0 Å². The molecular weight excluding hydrogens is 420 g/mol. The van der Waals surface area contributed by atoms with Crippen LogP contribution >= 0.6 is 0 Å². The molecule has 8 nitrogen and oxygen atoms in total. The van der Waals surface area contributed by atoms with Crippen molar-refractivity contribution < 1.29 is 27.1 Å². The predicted octanol–water partition coefficient (Wildman–Crippen LogP) is 3.42. The van der Waals surface area contributed by atoms with Crippen LogP contribution in [0.4, 0.5) is 17.6 Å². The van der Waals surface area contributed by atoms with Crippen molar-refractivity contribution in [3.63, 3.8) is 0 Å². The van der Waals surface area contributed by atoms with Crippen molar-refractivity contribution in [1.82, 2.24) is 29.5 Å². The van der Waals surface area contributed by atoms with Gasteiger partial charge in [0.25, 0.3) is 24.5 Å². The van der Waals surface area contributed by atoms with Crippen LogP contribution in [0.25, 0.3) is 5.78 Å². The molecule has 0 radical (unpaired) electrons. The Hall–Kier alpha value is -3.31. The number of fused-ring (bicyclic) bond motifs is 1. The van der Waals surface area contributed by atoms with Crippen molar-refractivity contribution in [1.29, 1.82) is 0 Å². The van der Waals surface area contributed by atoms with Gasteiger partial charge in [-0.05, 0) is 25.0 Å². The Bertz CT molecular complexity index is 1110. The number of hydrogen-bond donors (Lipinski definition) is 0. The number of likely N-dealkylation sites (tertiary alicyclic amines) is 1. The van der Waals surface area contributed by atoms with E-state index in [2.05, 4.69) is 20.1 Å². The van der Waals surface area contributed by atoms with E-state index in [9.17, 15) is 22.4 Å². The lowest BCUT2D eigenvalue weighted by molar-refractivity contribution is 0.0703. The maximum absolute atomic E-state index is 13.3. The summed E-state index contributed by atoms with van der Waals surface area (Å²) in [7, 11) is 1.27. The molecule has 4 heterocycles. The van der Waals surface area contributed by atoms with Gasteiger partial charge in [0.15, 0.2) is 0 Å². The molecule has 1 atom stereocenters. The standard InChI is InChI=1S/C19H18F4N6O2/c1-31-15-6-11(5-12(26-15)16(20)21)18(30)28-4-2-3-10(8-28)14-7-13(17(22)23)27-19-24-9-25-29(14)19/h5-7,9-10,16-17H,2-4,8H2,1H3. The number of amides is 1. The first-order chi connectivity index (χ1) is 14.9. The van der Waals surface area contributed by atoms with Crippen LogP contribution in [0.1, 0.15) is 59.1 Å². The van der Waals surface area contributed by atoms with E-state index in [0.29, 0.717) is 25.1 Å². The SMILES string of the molecule is COc1cc(C(=O)N2CCCC(c3cc(C(F)F)nc4ncnn34)C2)cc(C(F)F)n1. The molecule has 1 amide bonds. The van der Waals surface area contributed by atoms with Gasteiger partial charge in [0.2, 0.25) is 5.88 Å². The van der Waals surface area contributed by atoms with Crippen molar-refractivity contribution >= 4 is 11.7 Å². The highest BCUT2D eigenvalue weighted by Crippen LogP contribution is 2.31. The number of aromatic nitrogens is 5. The average molecular weight is 438 g/mol. The van der Waals surface area contributed by atoms with E-state index in [1.807, 2.05) is 0 Å². The lowest BCUT2D eigenvalue weighted by atomic mass is 9.93. The molecule has 1 aliphatic heterocycles. The zero-order valence-electron chi connectivity index (χ0n) is 16.4. The Morgan fingerprint density at radius 1 is 1.13 bits per heavy atom. The number of hydrogen-bond acceptors (Lipinski definition) is 6. The van der Waals surface area contributed by atoms with E-state index < -0.39 is 30.1 Å². The van der Waals surface area contributed by atoms with E-state index >= 15 is 0 Å². The van der Waals surface area contributed by atoms with Crippen LogP contribution in [-0.4, -0.2) is 55.6 Å². The molecule has 3 aromatic rings. The fraction of sp³-hybridized carbons (Fsp3) is 0.421. The molecular formula is C19H18F4N6O2. The number of carbonyl (C=O) groups excluding carboxylic acids is 1. The number of piperidine rings is 1. The quantitative estimate of drug-likeness (QED) is 0.568. The number of pyridine rings is 1. The minimum absolute atomic E-state index is 0.0247. The van der Waals surface area contributed by atoms with Crippen molar-refractivity contribution in [2.45, 2.75) is 31.6 Å². The van der Waals surface area contributed by atoms with Gasteiger partial charge in [0, 0.05) is 30.6 Å². The second-order valence-electron chi connectivity index (χ2n) is 7.09. The first-order valence-electron chi connectivity index (χ1n) is 9.49. The van der Waals surface area contributed by atoms with Crippen LogP contribution in [0.3, 0.4) is 0 Å². The summed E-state index contributed by atoms with van der Waals surface area (Å²) in [4.78, 5) is 25.9. The molecule has 0 bridgehead atoms. The molecule has 1 saturated heterocycles. The highest BCUT2D eigenvalue weighted by molar-refractivity contribution is 5.94. The van der Waals surface area contributed by atoms with Crippen LogP contribution < -0.4 is 4.74 Å². The molecule has 0 N–H and O–H groups in total. The number of nitrogens with zero attached hydrogens (tertiary/aromatic N) is 6. The summed E-state index contributed by atoms with van der Waals surface area (Å²) in [6, 6.07) is 3.61. The normalized spacial score (nSPS) is 17.0. The third kappa shape index (κ3) is 4.14. The summed E-state index contributed by atoms with van der Waals surface area (Å²) in [5, 5.41) is 4.06. The minimum atomic E-state index is -2.86. The zero-order chi connectivity index (χ0) is 22.1. The minimum Gasteiger partial charge on any atom is -0.481 e. The summed E-state index contributed by atoms with van der Waals surface area (Å²) in [5.41, 5.74) is -0.483. The summed E-state index contributed by atoms with van der Waals surface area (Å²) in [6.45, 7) is 0.604. The van der Waals surface area contributed by atoms with E-state index in [1.165, 1.54) is 35.0 Å². The number of rotatable bonds is 5. The van der Waals surface area contributed by atoms with Gasteiger partial charge in [-0.1, -0.05) is 0 Å². The second kappa shape index (κ2) is 8.44. The molecule has 3 aromatic heterocycles. The van der Waals surface area contributed by atoms with Gasteiger partial charge in [-0.3, -0.25) is 4.79 Å². The lowest BCUT2D eigenvalue weighted by Gasteiger charge is -2.33. The third-order valence-corrected chi connectivity index (χ3v) is 5.15.